The Morgan fingerprint density at radius 2 is 2.24 bits per heavy atom. The van der Waals surface area contributed by atoms with E-state index in [9.17, 15) is 13.2 Å². The summed E-state index contributed by atoms with van der Waals surface area (Å²) in [6.07, 6.45) is -3.64. The quantitative estimate of drug-likeness (QED) is 0.427. The fourth-order valence-corrected chi connectivity index (χ4v) is 2.30. The van der Waals surface area contributed by atoms with Gasteiger partial charge in [0.25, 0.3) is 0 Å². The first-order valence-electron chi connectivity index (χ1n) is 4.45. The highest BCUT2D eigenvalue weighted by molar-refractivity contribution is 14.1. The van der Waals surface area contributed by atoms with Crippen LogP contribution in [0.5, 0.6) is 0 Å². The fourth-order valence-electron chi connectivity index (χ4n) is 1.06. The van der Waals surface area contributed by atoms with Gasteiger partial charge in [0.1, 0.15) is 5.69 Å². The maximum atomic E-state index is 12.5. The summed E-state index contributed by atoms with van der Waals surface area (Å²) in [6.45, 7) is 1.84. The van der Waals surface area contributed by atoms with Crippen LogP contribution in [0.3, 0.4) is 0 Å². The normalized spacial score (nSPS) is 12.9. The lowest BCUT2D eigenvalue weighted by Crippen LogP contribution is -2.08. The monoisotopic (exact) mass is 394 g/mol. The molecule has 0 unspecified atom stereocenters. The number of rotatable bonds is 3. The predicted molar refractivity (Wildman–Crippen MR) is 72.0 cm³/mol. The lowest BCUT2D eigenvalue weighted by molar-refractivity contribution is -0.138. The summed E-state index contributed by atoms with van der Waals surface area (Å²) in [5.74, 6) is 0.626. The zero-order valence-corrected chi connectivity index (χ0v) is 12.3. The van der Waals surface area contributed by atoms with Crippen LogP contribution in [-0.2, 0) is 6.18 Å². The van der Waals surface area contributed by atoms with Gasteiger partial charge >= 0.3 is 6.18 Å². The van der Waals surface area contributed by atoms with Gasteiger partial charge in [-0.1, -0.05) is 18.5 Å². The van der Waals surface area contributed by atoms with Crippen molar-refractivity contribution in [1.82, 2.24) is 4.98 Å². The van der Waals surface area contributed by atoms with Crippen molar-refractivity contribution in [2.24, 2.45) is 3.21 Å². The van der Waals surface area contributed by atoms with Crippen LogP contribution < -0.4 is 0 Å². The largest absolute Gasteiger partial charge is 0.417 e. The van der Waals surface area contributed by atoms with Crippen LogP contribution in [0.25, 0.3) is 0 Å². The van der Waals surface area contributed by atoms with Gasteiger partial charge in [-0.2, -0.15) is 13.2 Å². The molecule has 1 heterocycles. The first-order chi connectivity index (χ1) is 7.90. The third kappa shape index (κ3) is 3.99. The molecule has 0 amide bonds. The van der Waals surface area contributed by atoms with Gasteiger partial charge in [0.05, 0.1) is 28.4 Å². The Labute approximate surface area is 120 Å². The lowest BCUT2D eigenvalue weighted by atomic mass is 10.2. The Kier molecular flexibility index (Phi) is 5.52. The lowest BCUT2D eigenvalue weighted by Gasteiger charge is -2.10. The van der Waals surface area contributed by atoms with Gasteiger partial charge in [0.15, 0.2) is 5.17 Å². The molecule has 0 aliphatic rings. The maximum Gasteiger partial charge on any atom is 0.417 e. The Bertz CT molecular complexity index is 437. The van der Waals surface area contributed by atoms with E-state index in [2.05, 4.69) is 8.19 Å². The highest BCUT2D eigenvalue weighted by atomic mass is 127. The van der Waals surface area contributed by atoms with E-state index in [1.165, 1.54) is 11.8 Å². The Morgan fingerprint density at radius 3 is 2.71 bits per heavy atom. The summed E-state index contributed by atoms with van der Waals surface area (Å²) in [6, 6.07) is 1.04. The number of halogens is 5. The van der Waals surface area contributed by atoms with Crippen LogP contribution in [-0.4, -0.2) is 15.9 Å². The van der Waals surface area contributed by atoms with Crippen LogP contribution in [0.4, 0.5) is 13.2 Å². The van der Waals surface area contributed by atoms with Crippen LogP contribution in [0, 0.1) is 0 Å². The van der Waals surface area contributed by atoms with E-state index in [4.69, 9.17) is 11.6 Å². The minimum atomic E-state index is -4.40. The molecule has 1 rings (SSSR count). The third-order valence-corrected chi connectivity index (χ3v) is 3.69. The van der Waals surface area contributed by atoms with Crippen LogP contribution in [0.2, 0.25) is 0 Å². The molecule has 94 valence electrons. The molecular weight excluding hydrogens is 388 g/mol. The maximum absolute atomic E-state index is 12.5. The Hall–Kier alpha value is -0.0200. The van der Waals surface area contributed by atoms with Gasteiger partial charge in [0.2, 0.25) is 0 Å². The highest BCUT2D eigenvalue weighted by Gasteiger charge is 2.32. The molecule has 2 nitrogen and oxygen atoms in total. The average Bonchev–Trinajstić information content (AvgIpc) is 2.27. The second-order valence-electron chi connectivity index (χ2n) is 2.88. The predicted octanol–water partition coefficient (Wildman–Crippen LogP) is 4.55. The minimum Gasteiger partial charge on any atom is -0.252 e. The number of hydrogen-bond acceptors (Lipinski definition) is 3. The van der Waals surface area contributed by atoms with Crippen molar-refractivity contribution >= 4 is 51.4 Å². The van der Waals surface area contributed by atoms with E-state index in [0.29, 0.717) is 10.6 Å². The Balaban J connectivity index is 3.27. The zero-order chi connectivity index (χ0) is 13.1. The third-order valence-electron chi connectivity index (χ3n) is 1.75. The molecule has 0 saturated carbocycles. The number of aromatic nitrogens is 1. The molecule has 0 spiro atoms. The van der Waals surface area contributed by atoms with Crippen molar-refractivity contribution in [3.8, 4) is 0 Å². The molecule has 0 fully saturated rings. The second-order valence-corrected chi connectivity index (χ2v) is 5.02. The summed E-state index contributed by atoms with van der Waals surface area (Å²) < 4.78 is 41.2. The van der Waals surface area contributed by atoms with E-state index in [1.807, 2.05) is 6.92 Å². The van der Waals surface area contributed by atoms with E-state index in [-0.39, 0.29) is 10.9 Å². The molecule has 0 saturated heterocycles. The summed E-state index contributed by atoms with van der Waals surface area (Å²) in [7, 11) is 0. The molecular formula is C9H7ClF3IN2S. The number of alkyl halides is 3. The number of hydrogen-bond donors (Lipinski definition) is 0. The van der Waals surface area contributed by atoms with Crippen LogP contribution in [0.1, 0.15) is 18.2 Å². The molecule has 0 aliphatic heterocycles. The topological polar surface area (TPSA) is 25.2 Å². The first-order valence-corrected chi connectivity index (χ1v) is 6.77. The number of thioether (sulfide) groups is 1. The van der Waals surface area contributed by atoms with Crippen molar-refractivity contribution < 1.29 is 13.2 Å². The fraction of sp³-hybridized carbons (Fsp3) is 0.333. The van der Waals surface area contributed by atoms with E-state index in [1.54, 1.807) is 22.9 Å². The van der Waals surface area contributed by atoms with Gasteiger partial charge in [-0.25, -0.2) is 3.21 Å². The van der Waals surface area contributed by atoms with Gasteiger partial charge in [-0.3, -0.25) is 4.98 Å². The van der Waals surface area contributed by atoms with Gasteiger partial charge in [-0.15, -0.1) is 11.8 Å². The molecule has 0 bridgehead atoms. The smallest absolute Gasteiger partial charge is 0.252 e. The zero-order valence-electron chi connectivity index (χ0n) is 8.55. The van der Waals surface area contributed by atoms with Crippen LogP contribution >= 0.6 is 46.2 Å². The number of pyridine rings is 1. The standard InChI is InChI=1S/C9H7ClF3IN2S/c1-2-17-6-3-5(9(11,12)13)4-15-7(6)8(10)16-14/h3-4H,2H2,1H3. The molecule has 0 atom stereocenters. The van der Waals surface area contributed by atoms with Crippen molar-refractivity contribution in [1.29, 1.82) is 0 Å². The van der Waals surface area contributed by atoms with Crippen molar-refractivity contribution in [3.63, 3.8) is 0 Å². The SMILES string of the molecule is CCSc1cc(C(F)(F)F)cnc1C(Cl)=NI. The first kappa shape index (κ1) is 15.0. The molecule has 8 heteroatoms. The molecule has 1 aromatic rings. The van der Waals surface area contributed by atoms with Gasteiger partial charge in [-0.05, 0) is 11.8 Å². The molecule has 0 N–H and O–H groups in total. The molecule has 0 aromatic carbocycles. The van der Waals surface area contributed by atoms with Crippen molar-refractivity contribution in [3.05, 3.63) is 23.5 Å². The summed E-state index contributed by atoms with van der Waals surface area (Å²) >= 11 is 8.70. The summed E-state index contributed by atoms with van der Waals surface area (Å²) in [4.78, 5) is 4.11. The molecule has 0 radical (unpaired) electrons. The highest BCUT2D eigenvalue weighted by Crippen LogP contribution is 2.33. The second kappa shape index (κ2) is 6.24. The average molecular weight is 395 g/mol. The number of nitrogens with zero attached hydrogens (tertiary/aromatic N) is 2. The van der Waals surface area contributed by atoms with E-state index >= 15 is 0 Å². The molecule has 1 aromatic heterocycles. The molecule has 17 heavy (non-hydrogen) atoms. The van der Waals surface area contributed by atoms with Crippen molar-refractivity contribution in [2.45, 2.75) is 18.0 Å². The molecule has 0 aliphatic carbocycles. The Morgan fingerprint density at radius 1 is 1.59 bits per heavy atom. The van der Waals surface area contributed by atoms with E-state index in [0.717, 1.165) is 12.3 Å². The van der Waals surface area contributed by atoms with Gasteiger partial charge < -0.3 is 0 Å². The summed E-state index contributed by atoms with van der Waals surface area (Å²) in [5, 5.41) is 0.0928. The van der Waals surface area contributed by atoms with E-state index < -0.39 is 11.7 Å². The summed E-state index contributed by atoms with van der Waals surface area (Å²) in [5.41, 5.74) is -0.504. The minimum absolute atomic E-state index is 0.0928. The van der Waals surface area contributed by atoms with Crippen molar-refractivity contribution in [2.75, 3.05) is 5.75 Å². The van der Waals surface area contributed by atoms with Crippen LogP contribution in [0.15, 0.2) is 20.4 Å². The van der Waals surface area contributed by atoms with Gasteiger partial charge in [0, 0.05) is 11.1 Å².